The number of carbonyl (C=O) groups excluding carboxylic acids is 1. The zero-order chi connectivity index (χ0) is 21.5. The van der Waals surface area contributed by atoms with Crippen molar-refractivity contribution in [3.63, 3.8) is 0 Å². The predicted molar refractivity (Wildman–Crippen MR) is 113 cm³/mol. The van der Waals surface area contributed by atoms with Gasteiger partial charge in [0.25, 0.3) is 0 Å². The molecule has 3 aromatic rings. The fraction of sp³-hybridized carbons (Fsp3) is 0.333. The third kappa shape index (κ3) is 4.03. The number of aromatic nitrogens is 1. The third-order valence-corrected chi connectivity index (χ3v) is 6.49. The number of hydrogen-bond acceptors (Lipinski definition) is 5. The molecule has 1 aromatic heterocycles. The van der Waals surface area contributed by atoms with E-state index in [9.17, 15) is 18.0 Å². The molecule has 0 saturated heterocycles. The van der Waals surface area contributed by atoms with Gasteiger partial charge in [0, 0.05) is 31.3 Å². The molecule has 0 unspecified atom stereocenters. The number of nitrogens with zero attached hydrogens (tertiary/aromatic N) is 1. The monoisotopic (exact) mass is 429 g/mol. The van der Waals surface area contributed by atoms with Gasteiger partial charge in [0.05, 0.1) is 10.4 Å². The van der Waals surface area contributed by atoms with Crippen LogP contribution in [0.2, 0.25) is 0 Å². The lowest BCUT2D eigenvalue weighted by Crippen LogP contribution is -2.29. The van der Waals surface area contributed by atoms with Crippen LogP contribution in [0.5, 0.6) is 0 Å². The van der Waals surface area contributed by atoms with Gasteiger partial charge in [-0.2, -0.15) is 0 Å². The Balaban J connectivity index is 1.48. The maximum Gasteiger partial charge on any atom is 0.417 e. The van der Waals surface area contributed by atoms with Crippen molar-refractivity contribution in [2.24, 2.45) is 5.92 Å². The Morgan fingerprint density at radius 3 is 2.80 bits per heavy atom. The molecule has 0 spiro atoms. The van der Waals surface area contributed by atoms with E-state index >= 15 is 0 Å². The van der Waals surface area contributed by atoms with Gasteiger partial charge in [-0.15, -0.1) is 0 Å². The summed E-state index contributed by atoms with van der Waals surface area (Å²) in [7, 11) is -3.78. The number of nitrogens with one attached hydrogen (secondary N) is 2. The van der Waals surface area contributed by atoms with E-state index in [1.54, 1.807) is 0 Å². The van der Waals surface area contributed by atoms with E-state index in [2.05, 4.69) is 9.71 Å². The van der Waals surface area contributed by atoms with Crippen LogP contribution in [0.4, 0.5) is 5.69 Å². The molecule has 2 N–H and O–H groups in total. The first kappa shape index (κ1) is 20.4. The van der Waals surface area contributed by atoms with Gasteiger partial charge >= 0.3 is 5.76 Å². The predicted octanol–water partition coefficient (Wildman–Crippen LogP) is 2.53. The van der Waals surface area contributed by atoms with Crippen LogP contribution in [-0.4, -0.2) is 25.9 Å². The lowest BCUT2D eigenvalue weighted by molar-refractivity contribution is -0.119. The van der Waals surface area contributed by atoms with Gasteiger partial charge in [0.2, 0.25) is 15.9 Å². The quantitative estimate of drug-likeness (QED) is 0.625. The van der Waals surface area contributed by atoms with Gasteiger partial charge in [-0.05, 0) is 41.7 Å². The molecule has 30 heavy (non-hydrogen) atoms. The van der Waals surface area contributed by atoms with E-state index in [4.69, 9.17) is 4.42 Å². The number of aromatic amines is 1. The van der Waals surface area contributed by atoms with E-state index in [1.807, 2.05) is 36.9 Å². The third-order valence-electron chi connectivity index (χ3n) is 5.09. The molecular weight excluding hydrogens is 406 g/mol. The number of hydrogen-bond donors (Lipinski definition) is 2. The Kier molecular flexibility index (Phi) is 5.25. The molecule has 1 amide bonds. The first-order chi connectivity index (χ1) is 14.2. The summed E-state index contributed by atoms with van der Waals surface area (Å²) in [6.07, 6.45) is 1.26. The van der Waals surface area contributed by atoms with Crippen molar-refractivity contribution in [3.8, 4) is 0 Å². The van der Waals surface area contributed by atoms with Crippen molar-refractivity contribution >= 4 is 32.7 Å². The minimum absolute atomic E-state index is 0.0179. The topological polar surface area (TPSA) is 112 Å². The number of amides is 1. The zero-order valence-electron chi connectivity index (χ0n) is 16.8. The number of H-pyrrole nitrogens is 1. The Morgan fingerprint density at radius 1 is 1.23 bits per heavy atom. The molecule has 0 saturated carbocycles. The van der Waals surface area contributed by atoms with Crippen LogP contribution >= 0.6 is 0 Å². The average Bonchev–Trinajstić information content (AvgIpc) is 3.27. The molecule has 8 nitrogen and oxygen atoms in total. The number of rotatable bonds is 6. The summed E-state index contributed by atoms with van der Waals surface area (Å²) in [5.74, 6) is -0.218. The molecule has 158 valence electrons. The SMILES string of the molecule is CC(C)CC(=O)N1CCc2cc(CNS(=O)(=O)c3ccc4[nH]c(=O)oc4c3)ccc21. The summed E-state index contributed by atoms with van der Waals surface area (Å²) in [6.45, 7) is 4.81. The second-order valence-corrected chi connectivity index (χ2v) is 9.62. The lowest BCUT2D eigenvalue weighted by Gasteiger charge is -2.18. The largest absolute Gasteiger partial charge is 0.417 e. The average molecular weight is 429 g/mol. The molecule has 0 radical (unpaired) electrons. The van der Waals surface area contributed by atoms with Crippen LogP contribution < -0.4 is 15.4 Å². The van der Waals surface area contributed by atoms with E-state index in [-0.39, 0.29) is 22.9 Å². The fourth-order valence-corrected chi connectivity index (χ4v) is 4.67. The molecule has 0 fully saturated rings. The van der Waals surface area contributed by atoms with Crippen molar-refractivity contribution in [2.75, 3.05) is 11.4 Å². The number of benzene rings is 2. The summed E-state index contributed by atoms with van der Waals surface area (Å²) in [4.78, 5) is 28.0. The molecule has 0 aliphatic carbocycles. The summed E-state index contributed by atoms with van der Waals surface area (Å²) in [5, 5.41) is 0. The molecule has 4 rings (SSSR count). The summed E-state index contributed by atoms with van der Waals surface area (Å²) in [6, 6.07) is 9.87. The Bertz CT molecular complexity index is 1270. The number of anilines is 1. The minimum Gasteiger partial charge on any atom is -0.408 e. The van der Waals surface area contributed by atoms with Crippen LogP contribution in [0.15, 0.2) is 50.5 Å². The van der Waals surface area contributed by atoms with Gasteiger partial charge in [-0.3, -0.25) is 9.78 Å². The van der Waals surface area contributed by atoms with Crippen LogP contribution in [-0.2, 0) is 27.8 Å². The summed E-state index contributed by atoms with van der Waals surface area (Å²) < 4.78 is 32.8. The van der Waals surface area contributed by atoms with E-state index < -0.39 is 15.8 Å². The number of oxazole rings is 1. The Labute approximate surface area is 173 Å². The highest BCUT2D eigenvalue weighted by atomic mass is 32.2. The fourth-order valence-electron chi connectivity index (χ4n) is 3.64. The maximum absolute atomic E-state index is 12.6. The van der Waals surface area contributed by atoms with Gasteiger partial charge in [-0.25, -0.2) is 17.9 Å². The van der Waals surface area contributed by atoms with E-state index in [1.165, 1.54) is 18.2 Å². The Hall–Kier alpha value is -2.91. The first-order valence-electron chi connectivity index (χ1n) is 9.77. The van der Waals surface area contributed by atoms with Gasteiger partial charge in [0.1, 0.15) is 0 Å². The molecule has 0 bridgehead atoms. The second-order valence-electron chi connectivity index (χ2n) is 7.85. The second kappa shape index (κ2) is 7.73. The van der Waals surface area contributed by atoms with Crippen LogP contribution in [0.25, 0.3) is 11.1 Å². The highest BCUT2D eigenvalue weighted by molar-refractivity contribution is 7.89. The van der Waals surface area contributed by atoms with Crippen molar-refractivity contribution in [1.29, 1.82) is 0 Å². The molecule has 2 aromatic carbocycles. The standard InChI is InChI=1S/C21H23N3O5S/c1-13(2)9-20(25)24-8-7-15-10-14(3-6-18(15)24)12-22-30(27,28)16-4-5-17-19(11-16)29-21(26)23-17/h3-6,10-11,13,22H,7-9,12H2,1-2H3,(H,23,26). The van der Waals surface area contributed by atoms with Gasteiger partial charge < -0.3 is 9.32 Å². The first-order valence-corrected chi connectivity index (χ1v) is 11.3. The molecule has 2 heterocycles. The number of sulfonamides is 1. The van der Waals surface area contributed by atoms with Crippen LogP contribution in [0.3, 0.4) is 0 Å². The van der Waals surface area contributed by atoms with Crippen molar-refractivity contribution in [3.05, 3.63) is 58.1 Å². The van der Waals surface area contributed by atoms with Crippen LogP contribution in [0.1, 0.15) is 31.4 Å². The van der Waals surface area contributed by atoms with Crippen molar-refractivity contribution in [2.45, 2.75) is 38.1 Å². The van der Waals surface area contributed by atoms with Gasteiger partial charge in [0.15, 0.2) is 5.58 Å². The highest BCUT2D eigenvalue weighted by Gasteiger charge is 2.25. The molecular formula is C21H23N3O5S. The number of carbonyl (C=O) groups is 1. The van der Waals surface area contributed by atoms with Crippen molar-refractivity contribution in [1.82, 2.24) is 9.71 Å². The molecule has 9 heteroatoms. The number of fused-ring (bicyclic) bond motifs is 2. The maximum atomic E-state index is 12.6. The zero-order valence-corrected chi connectivity index (χ0v) is 17.6. The minimum atomic E-state index is -3.78. The van der Waals surface area contributed by atoms with Crippen LogP contribution in [0, 0.1) is 5.92 Å². The lowest BCUT2D eigenvalue weighted by atomic mass is 10.1. The Morgan fingerprint density at radius 2 is 2.03 bits per heavy atom. The van der Waals surface area contributed by atoms with E-state index in [0.29, 0.717) is 24.4 Å². The highest BCUT2D eigenvalue weighted by Crippen LogP contribution is 2.30. The smallest absolute Gasteiger partial charge is 0.408 e. The van der Waals surface area contributed by atoms with Gasteiger partial charge in [-0.1, -0.05) is 26.0 Å². The molecule has 1 aliphatic rings. The summed E-state index contributed by atoms with van der Waals surface area (Å²) >= 11 is 0. The molecule has 1 aliphatic heterocycles. The summed E-state index contributed by atoms with van der Waals surface area (Å²) in [5.41, 5.74) is 3.38. The van der Waals surface area contributed by atoms with E-state index in [0.717, 1.165) is 23.2 Å². The normalized spacial score (nSPS) is 13.9. The van der Waals surface area contributed by atoms with Crippen molar-refractivity contribution < 1.29 is 17.6 Å². The molecule has 0 atom stereocenters.